The van der Waals surface area contributed by atoms with Gasteiger partial charge in [-0.1, -0.05) is 13.8 Å². The monoisotopic (exact) mass is 285 g/mol. The third kappa shape index (κ3) is 6.20. The van der Waals surface area contributed by atoms with Crippen molar-refractivity contribution < 1.29 is 9.90 Å². The lowest BCUT2D eigenvalue weighted by Gasteiger charge is -2.39. The van der Waals surface area contributed by atoms with E-state index in [1.54, 1.807) is 6.92 Å². The van der Waals surface area contributed by atoms with Crippen molar-refractivity contribution in [2.24, 2.45) is 5.92 Å². The van der Waals surface area contributed by atoms with Gasteiger partial charge in [-0.15, -0.1) is 0 Å². The SMILES string of the molecule is CC(O)CCC(=O)NCC(C(C)C)N1CCN(C)CC1. The Labute approximate surface area is 123 Å². The summed E-state index contributed by atoms with van der Waals surface area (Å²) in [5.74, 6) is 0.571. The van der Waals surface area contributed by atoms with Crippen LogP contribution in [0.5, 0.6) is 0 Å². The fourth-order valence-electron chi connectivity index (χ4n) is 2.59. The maximum Gasteiger partial charge on any atom is 0.220 e. The van der Waals surface area contributed by atoms with Crippen molar-refractivity contribution in [1.29, 1.82) is 0 Å². The van der Waals surface area contributed by atoms with Gasteiger partial charge in [0, 0.05) is 45.2 Å². The van der Waals surface area contributed by atoms with Gasteiger partial charge in [-0.25, -0.2) is 0 Å². The lowest BCUT2D eigenvalue weighted by Crippen LogP contribution is -2.54. The average molecular weight is 285 g/mol. The molecule has 5 heteroatoms. The third-order valence-corrected chi connectivity index (χ3v) is 4.07. The standard InChI is InChI=1S/C15H31N3O2/c1-12(2)14(18-9-7-17(4)8-10-18)11-16-15(20)6-5-13(3)19/h12-14,19H,5-11H2,1-4H3,(H,16,20). The van der Waals surface area contributed by atoms with Crippen LogP contribution in [0, 0.1) is 5.92 Å². The summed E-state index contributed by atoms with van der Waals surface area (Å²) in [6.45, 7) is 11.2. The molecular formula is C15H31N3O2. The number of carbonyl (C=O) groups is 1. The first kappa shape index (κ1) is 17.4. The first-order valence-electron chi connectivity index (χ1n) is 7.77. The van der Waals surface area contributed by atoms with Gasteiger partial charge in [-0.2, -0.15) is 0 Å². The van der Waals surface area contributed by atoms with Crippen LogP contribution in [0.15, 0.2) is 0 Å². The van der Waals surface area contributed by atoms with Crippen molar-refractivity contribution in [2.75, 3.05) is 39.8 Å². The van der Waals surface area contributed by atoms with Crippen LogP contribution in [0.4, 0.5) is 0 Å². The van der Waals surface area contributed by atoms with Gasteiger partial charge in [0.25, 0.3) is 0 Å². The highest BCUT2D eigenvalue weighted by Gasteiger charge is 2.25. The topological polar surface area (TPSA) is 55.8 Å². The zero-order valence-corrected chi connectivity index (χ0v) is 13.4. The highest BCUT2D eigenvalue weighted by Crippen LogP contribution is 2.13. The molecule has 0 aromatic heterocycles. The Hall–Kier alpha value is -0.650. The first-order chi connectivity index (χ1) is 9.40. The maximum atomic E-state index is 11.8. The summed E-state index contributed by atoms with van der Waals surface area (Å²) in [6, 6.07) is 0.402. The van der Waals surface area contributed by atoms with E-state index in [1.807, 2.05) is 0 Å². The summed E-state index contributed by atoms with van der Waals surface area (Å²) in [5, 5.41) is 12.2. The lowest BCUT2D eigenvalue weighted by molar-refractivity contribution is -0.122. The van der Waals surface area contributed by atoms with Crippen LogP contribution < -0.4 is 5.32 Å². The van der Waals surface area contributed by atoms with E-state index in [1.165, 1.54) is 0 Å². The second-order valence-electron chi connectivity index (χ2n) is 6.34. The maximum absolute atomic E-state index is 11.8. The highest BCUT2D eigenvalue weighted by molar-refractivity contribution is 5.75. The van der Waals surface area contributed by atoms with Gasteiger partial charge in [0.05, 0.1) is 6.10 Å². The second-order valence-corrected chi connectivity index (χ2v) is 6.34. The Kier molecular flexibility index (Phi) is 7.48. The molecule has 0 spiro atoms. The second kappa shape index (κ2) is 8.60. The molecule has 0 radical (unpaired) electrons. The van der Waals surface area contributed by atoms with Gasteiger partial charge < -0.3 is 15.3 Å². The normalized spacial score (nSPS) is 20.9. The van der Waals surface area contributed by atoms with E-state index in [9.17, 15) is 9.90 Å². The molecule has 1 rings (SSSR count). The van der Waals surface area contributed by atoms with E-state index in [-0.39, 0.29) is 5.91 Å². The van der Waals surface area contributed by atoms with Crippen LogP contribution in [0.2, 0.25) is 0 Å². The van der Waals surface area contributed by atoms with Gasteiger partial charge in [-0.3, -0.25) is 9.69 Å². The smallest absolute Gasteiger partial charge is 0.220 e. The van der Waals surface area contributed by atoms with Gasteiger partial charge in [0.1, 0.15) is 0 Å². The summed E-state index contributed by atoms with van der Waals surface area (Å²) in [4.78, 5) is 16.6. The molecule has 2 atom stereocenters. The average Bonchev–Trinajstić information content (AvgIpc) is 2.38. The van der Waals surface area contributed by atoms with Crippen LogP contribution in [0.3, 0.4) is 0 Å². The number of amides is 1. The number of nitrogens with one attached hydrogen (secondary N) is 1. The minimum absolute atomic E-state index is 0.0469. The van der Waals surface area contributed by atoms with Gasteiger partial charge >= 0.3 is 0 Å². The number of rotatable bonds is 7. The first-order valence-corrected chi connectivity index (χ1v) is 7.77. The van der Waals surface area contributed by atoms with Crippen LogP contribution in [-0.2, 0) is 4.79 Å². The Morgan fingerprint density at radius 2 is 1.80 bits per heavy atom. The van der Waals surface area contributed by atoms with Crippen molar-refractivity contribution in [3.63, 3.8) is 0 Å². The minimum atomic E-state index is -0.403. The van der Waals surface area contributed by atoms with Gasteiger partial charge in [0.15, 0.2) is 0 Å². The van der Waals surface area contributed by atoms with E-state index in [4.69, 9.17) is 0 Å². The fourth-order valence-corrected chi connectivity index (χ4v) is 2.59. The summed E-state index contributed by atoms with van der Waals surface area (Å²) in [7, 11) is 2.15. The number of nitrogens with zero attached hydrogens (tertiary/aromatic N) is 2. The molecule has 0 aromatic rings. The number of carbonyl (C=O) groups excluding carboxylic acids is 1. The minimum Gasteiger partial charge on any atom is -0.393 e. The van der Waals surface area contributed by atoms with Gasteiger partial charge in [-0.05, 0) is 26.3 Å². The van der Waals surface area contributed by atoms with Crippen LogP contribution in [0.1, 0.15) is 33.6 Å². The number of aliphatic hydroxyl groups excluding tert-OH is 1. The van der Waals surface area contributed by atoms with E-state index in [0.717, 1.165) is 26.2 Å². The molecule has 1 fully saturated rings. The van der Waals surface area contributed by atoms with Crippen molar-refractivity contribution in [2.45, 2.75) is 45.8 Å². The van der Waals surface area contributed by atoms with Crippen LogP contribution in [0.25, 0.3) is 0 Å². The molecule has 0 saturated carbocycles. The Morgan fingerprint density at radius 3 is 2.30 bits per heavy atom. The largest absolute Gasteiger partial charge is 0.393 e. The molecule has 1 amide bonds. The Balaban J connectivity index is 2.37. The summed E-state index contributed by atoms with van der Waals surface area (Å²) >= 11 is 0. The zero-order valence-electron chi connectivity index (χ0n) is 13.4. The molecule has 1 aliphatic rings. The van der Waals surface area contributed by atoms with Crippen molar-refractivity contribution >= 4 is 5.91 Å². The number of aliphatic hydroxyl groups is 1. The molecule has 118 valence electrons. The summed E-state index contributed by atoms with van der Waals surface area (Å²) in [6.07, 6.45) is 0.539. The molecule has 0 aliphatic carbocycles. The van der Waals surface area contributed by atoms with E-state index in [0.29, 0.717) is 31.3 Å². The third-order valence-electron chi connectivity index (χ3n) is 4.07. The Bertz CT molecular complexity index is 287. The van der Waals surface area contributed by atoms with E-state index < -0.39 is 6.10 Å². The van der Waals surface area contributed by atoms with Crippen LogP contribution >= 0.6 is 0 Å². The van der Waals surface area contributed by atoms with E-state index in [2.05, 4.69) is 36.0 Å². The molecule has 2 N–H and O–H groups in total. The number of piperazine rings is 1. The molecule has 1 saturated heterocycles. The zero-order chi connectivity index (χ0) is 15.1. The van der Waals surface area contributed by atoms with Gasteiger partial charge in [0.2, 0.25) is 5.91 Å². The highest BCUT2D eigenvalue weighted by atomic mass is 16.3. The quantitative estimate of drug-likeness (QED) is 0.717. The lowest BCUT2D eigenvalue weighted by atomic mass is 10.0. The predicted octanol–water partition coefficient (Wildman–Crippen LogP) is 0.536. The Morgan fingerprint density at radius 1 is 1.20 bits per heavy atom. The molecule has 5 nitrogen and oxygen atoms in total. The molecule has 20 heavy (non-hydrogen) atoms. The molecule has 0 bridgehead atoms. The fraction of sp³-hybridized carbons (Fsp3) is 0.933. The van der Waals surface area contributed by atoms with Crippen molar-refractivity contribution in [3.8, 4) is 0 Å². The van der Waals surface area contributed by atoms with Crippen LogP contribution in [-0.4, -0.2) is 72.7 Å². The summed E-state index contributed by atoms with van der Waals surface area (Å²) < 4.78 is 0. The molecular weight excluding hydrogens is 254 g/mol. The summed E-state index contributed by atoms with van der Waals surface area (Å²) in [5.41, 5.74) is 0. The number of likely N-dealkylation sites (N-methyl/N-ethyl adjacent to an activating group) is 1. The molecule has 0 aromatic carbocycles. The molecule has 2 unspecified atom stereocenters. The van der Waals surface area contributed by atoms with E-state index >= 15 is 0 Å². The number of hydrogen-bond acceptors (Lipinski definition) is 4. The molecule has 1 heterocycles. The van der Waals surface area contributed by atoms with Crippen molar-refractivity contribution in [1.82, 2.24) is 15.1 Å². The van der Waals surface area contributed by atoms with Crippen molar-refractivity contribution in [3.05, 3.63) is 0 Å². The predicted molar refractivity (Wildman–Crippen MR) is 81.6 cm³/mol. The number of hydrogen-bond donors (Lipinski definition) is 2. The molecule has 1 aliphatic heterocycles.